The van der Waals surface area contributed by atoms with E-state index in [0.29, 0.717) is 0 Å². The first-order valence-corrected chi connectivity index (χ1v) is 4.22. The average Bonchev–Trinajstić information content (AvgIpc) is 2.69. The number of rotatable bonds is 1. The third kappa shape index (κ3) is 1.45. The first-order valence-electron chi connectivity index (χ1n) is 3.42. The van der Waals surface area contributed by atoms with Crippen molar-refractivity contribution < 1.29 is 4.84 Å². The second kappa shape index (κ2) is 2.59. The van der Waals surface area contributed by atoms with Crippen molar-refractivity contribution in [2.75, 3.05) is 7.05 Å². The molecule has 58 valence electrons. The highest BCUT2D eigenvalue weighted by atomic mass is 79.9. The van der Waals surface area contributed by atoms with Crippen molar-refractivity contribution in [2.24, 2.45) is 0 Å². The van der Waals surface area contributed by atoms with E-state index in [2.05, 4.69) is 28.1 Å². The summed E-state index contributed by atoms with van der Waals surface area (Å²) in [6.45, 7) is 0. The lowest BCUT2D eigenvalue weighted by Gasteiger charge is -1.93. The van der Waals surface area contributed by atoms with Gasteiger partial charge in [-0.1, -0.05) is 28.1 Å². The summed E-state index contributed by atoms with van der Waals surface area (Å²) in [5.41, 5.74) is 1.20. The molecule has 0 saturated carbocycles. The Bertz CT molecular complexity index is 259. The van der Waals surface area contributed by atoms with Crippen LogP contribution in [0.5, 0.6) is 0 Å². The molecular weight excluding hydrogens is 206 g/mol. The zero-order valence-corrected chi connectivity index (χ0v) is 7.71. The summed E-state index contributed by atoms with van der Waals surface area (Å²) in [5.74, 6) is 0. The van der Waals surface area contributed by atoms with Gasteiger partial charge in [0.15, 0.2) is 6.23 Å². The minimum atomic E-state index is 0.183. The molecule has 3 heteroatoms. The predicted octanol–water partition coefficient (Wildman–Crippen LogP) is 2.32. The maximum atomic E-state index is 5.16. The van der Waals surface area contributed by atoms with E-state index in [1.165, 1.54) is 5.56 Å². The summed E-state index contributed by atoms with van der Waals surface area (Å²) in [4.78, 5) is 5.16. The Hall–Kier alpha value is -0.380. The second-order valence-corrected chi connectivity index (χ2v) is 3.47. The van der Waals surface area contributed by atoms with Gasteiger partial charge in [0.2, 0.25) is 0 Å². The summed E-state index contributed by atoms with van der Waals surface area (Å²) in [6, 6.07) is 8.15. The number of halogens is 1. The highest BCUT2D eigenvalue weighted by Crippen LogP contribution is 2.34. The molecule has 2 atom stereocenters. The molecule has 2 nitrogen and oxygen atoms in total. The van der Waals surface area contributed by atoms with Gasteiger partial charge in [0, 0.05) is 11.5 Å². The molecule has 0 amide bonds. The van der Waals surface area contributed by atoms with Crippen LogP contribution in [0, 0.1) is 0 Å². The molecule has 1 aliphatic rings. The van der Waals surface area contributed by atoms with E-state index in [4.69, 9.17) is 4.84 Å². The van der Waals surface area contributed by atoms with Gasteiger partial charge in [-0.25, -0.2) is 0 Å². The summed E-state index contributed by atoms with van der Waals surface area (Å²) < 4.78 is 1.10. The molecule has 0 aliphatic carbocycles. The summed E-state index contributed by atoms with van der Waals surface area (Å²) in [7, 11) is 1.92. The SMILES string of the molecule is CN1O[C@H]1c1ccc(Br)cc1. The molecule has 0 bridgehead atoms. The van der Waals surface area contributed by atoms with Gasteiger partial charge in [0.1, 0.15) is 0 Å². The molecule has 0 N–H and O–H groups in total. The molecule has 0 spiro atoms. The quantitative estimate of drug-likeness (QED) is 0.666. The molecule has 0 radical (unpaired) electrons. The van der Waals surface area contributed by atoms with Crippen molar-refractivity contribution in [2.45, 2.75) is 6.23 Å². The largest absolute Gasteiger partial charge is 0.270 e. The van der Waals surface area contributed by atoms with E-state index >= 15 is 0 Å². The topological polar surface area (TPSA) is 15.5 Å². The van der Waals surface area contributed by atoms with Crippen LogP contribution in [0.1, 0.15) is 11.8 Å². The number of benzene rings is 1. The van der Waals surface area contributed by atoms with Crippen LogP contribution in [0.25, 0.3) is 0 Å². The van der Waals surface area contributed by atoms with Gasteiger partial charge in [0.25, 0.3) is 0 Å². The van der Waals surface area contributed by atoms with Crippen molar-refractivity contribution in [1.29, 1.82) is 0 Å². The van der Waals surface area contributed by atoms with Gasteiger partial charge in [0.05, 0.1) is 0 Å². The van der Waals surface area contributed by atoms with Gasteiger partial charge >= 0.3 is 0 Å². The highest BCUT2D eigenvalue weighted by molar-refractivity contribution is 9.10. The standard InChI is InChI=1S/C8H8BrNO/c1-10-8(11-10)6-2-4-7(9)5-3-6/h2-5,8H,1H3/t8-,10?/m0/s1. The second-order valence-electron chi connectivity index (χ2n) is 2.56. The fraction of sp³-hybridized carbons (Fsp3) is 0.250. The number of hydroxylamine groups is 2. The van der Waals surface area contributed by atoms with Crippen molar-refractivity contribution in [3.63, 3.8) is 0 Å². The summed E-state index contributed by atoms with van der Waals surface area (Å²) in [5, 5.41) is 1.82. The fourth-order valence-electron chi connectivity index (χ4n) is 1.03. The first kappa shape index (κ1) is 7.28. The molecule has 0 aromatic heterocycles. The Labute approximate surface area is 73.9 Å². The van der Waals surface area contributed by atoms with Crippen LogP contribution in [0.2, 0.25) is 0 Å². The molecule has 1 fully saturated rings. The van der Waals surface area contributed by atoms with E-state index in [9.17, 15) is 0 Å². The zero-order chi connectivity index (χ0) is 7.84. The molecule has 11 heavy (non-hydrogen) atoms. The fourth-order valence-corrected chi connectivity index (χ4v) is 1.29. The highest BCUT2D eigenvalue weighted by Gasteiger charge is 2.33. The van der Waals surface area contributed by atoms with Crippen LogP contribution in [-0.2, 0) is 4.84 Å². The van der Waals surface area contributed by atoms with E-state index in [-0.39, 0.29) is 6.23 Å². The predicted molar refractivity (Wildman–Crippen MR) is 45.7 cm³/mol. The van der Waals surface area contributed by atoms with Crippen molar-refractivity contribution in [3.05, 3.63) is 34.3 Å². The van der Waals surface area contributed by atoms with E-state index in [1.54, 1.807) is 0 Å². The third-order valence-electron chi connectivity index (χ3n) is 1.71. The monoisotopic (exact) mass is 213 g/mol. The van der Waals surface area contributed by atoms with Crippen molar-refractivity contribution in [3.8, 4) is 0 Å². The van der Waals surface area contributed by atoms with E-state index in [0.717, 1.165) is 4.47 Å². The molecule has 2 rings (SSSR count). The van der Waals surface area contributed by atoms with Crippen LogP contribution in [0.4, 0.5) is 0 Å². The molecule has 1 aliphatic heterocycles. The molecule has 1 saturated heterocycles. The van der Waals surface area contributed by atoms with Crippen LogP contribution in [0.3, 0.4) is 0 Å². The lowest BCUT2D eigenvalue weighted by Crippen LogP contribution is -1.86. The molecule has 1 unspecified atom stereocenters. The number of hydrogen-bond acceptors (Lipinski definition) is 2. The average molecular weight is 214 g/mol. The van der Waals surface area contributed by atoms with E-state index < -0.39 is 0 Å². The number of hydrogen-bond donors (Lipinski definition) is 0. The smallest absolute Gasteiger partial charge is 0.179 e. The number of nitrogens with zero attached hydrogens (tertiary/aromatic N) is 1. The third-order valence-corrected chi connectivity index (χ3v) is 2.23. The normalized spacial score (nSPS) is 28.5. The molecule has 1 aromatic carbocycles. The van der Waals surface area contributed by atoms with Gasteiger partial charge in [-0.05, 0) is 17.7 Å². The maximum absolute atomic E-state index is 5.16. The van der Waals surface area contributed by atoms with Crippen LogP contribution in [-0.4, -0.2) is 12.1 Å². The van der Waals surface area contributed by atoms with Gasteiger partial charge in [-0.2, -0.15) is 5.06 Å². The Morgan fingerprint density at radius 2 is 1.91 bits per heavy atom. The lowest BCUT2D eigenvalue weighted by molar-refractivity contribution is 0.233. The summed E-state index contributed by atoms with van der Waals surface area (Å²) >= 11 is 3.38. The molecular formula is C8H8BrNO. The van der Waals surface area contributed by atoms with Crippen LogP contribution < -0.4 is 0 Å². The summed E-state index contributed by atoms with van der Waals surface area (Å²) in [6.07, 6.45) is 0.183. The van der Waals surface area contributed by atoms with E-state index in [1.807, 2.05) is 24.2 Å². The lowest BCUT2D eigenvalue weighted by atomic mass is 10.2. The van der Waals surface area contributed by atoms with Gasteiger partial charge in [-0.3, -0.25) is 4.84 Å². The van der Waals surface area contributed by atoms with Crippen LogP contribution >= 0.6 is 15.9 Å². The Morgan fingerprint density at radius 1 is 1.36 bits per heavy atom. The van der Waals surface area contributed by atoms with Crippen molar-refractivity contribution >= 4 is 15.9 Å². The van der Waals surface area contributed by atoms with Gasteiger partial charge < -0.3 is 0 Å². The van der Waals surface area contributed by atoms with Gasteiger partial charge in [-0.15, -0.1) is 0 Å². The minimum Gasteiger partial charge on any atom is -0.270 e. The first-order chi connectivity index (χ1) is 5.27. The van der Waals surface area contributed by atoms with Crippen molar-refractivity contribution in [1.82, 2.24) is 5.06 Å². The Balaban J connectivity index is 2.21. The Kier molecular flexibility index (Phi) is 1.71. The Morgan fingerprint density at radius 3 is 2.36 bits per heavy atom. The van der Waals surface area contributed by atoms with Crippen LogP contribution in [0.15, 0.2) is 28.7 Å². The maximum Gasteiger partial charge on any atom is 0.179 e. The minimum absolute atomic E-state index is 0.183. The zero-order valence-electron chi connectivity index (χ0n) is 6.12. The molecule has 1 heterocycles. The molecule has 1 aromatic rings.